The minimum atomic E-state index is -2.93. The van der Waals surface area contributed by atoms with E-state index in [2.05, 4.69) is 9.72 Å². The molecule has 0 saturated carbocycles. The van der Waals surface area contributed by atoms with E-state index in [1.807, 2.05) is 0 Å². The number of aromatic nitrogens is 1. The molecule has 3 rings (SSSR count). The first-order valence-electron chi connectivity index (χ1n) is 8.33. The Hall–Kier alpha value is -2.48. The lowest BCUT2D eigenvalue weighted by Gasteiger charge is -2.32. The van der Waals surface area contributed by atoms with Crippen molar-refractivity contribution in [2.75, 3.05) is 6.61 Å². The molecule has 1 aliphatic rings. The van der Waals surface area contributed by atoms with E-state index in [0.717, 1.165) is 12.1 Å². The summed E-state index contributed by atoms with van der Waals surface area (Å²) in [6.45, 7) is -0.193. The highest BCUT2D eigenvalue weighted by atomic mass is 19.3. The summed E-state index contributed by atoms with van der Waals surface area (Å²) in [5.74, 6) is -2.02. The number of ether oxygens (including phenoxy) is 2. The highest BCUT2D eigenvalue weighted by molar-refractivity contribution is 5.94. The molecule has 0 radical (unpaired) electrons. The van der Waals surface area contributed by atoms with Crippen molar-refractivity contribution in [1.29, 1.82) is 0 Å². The molecule has 2 aromatic rings. The van der Waals surface area contributed by atoms with Crippen LogP contribution in [-0.4, -0.2) is 30.1 Å². The Kier molecular flexibility index (Phi) is 5.46. The molecule has 1 aromatic carbocycles. The first-order valence-corrected chi connectivity index (χ1v) is 8.33. The summed E-state index contributed by atoms with van der Waals surface area (Å²) in [5, 5.41) is 0. The summed E-state index contributed by atoms with van der Waals surface area (Å²) in [5.41, 5.74) is 1.04. The number of pyridine rings is 1. The molecule has 0 amide bonds. The summed E-state index contributed by atoms with van der Waals surface area (Å²) in [6, 6.07) is 4.58. The van der Waals surface area contributed by atoms with Crippen molar-refractivity contribution in [3.63, 3.8) is 0 Å². The molecular formula is C19H17F4NO3. The lowest BCUT2D eigenvalue weighted by Crippen LogP contribution is -2.36. The molecule has 0 fully saturated rings. The number of carbonyl (C=O) groups excluding carboxylic acids is 1. The molecule has 0 spiro atoms. The molecule has 27 heavy (non-hydrogen) atoms. The number of ketones is 1. The van der Waals surface area contributed by atoms with E-state index in [0.29, 0.717) is 17.5 Å². The molecule has 4 nitrogen and oxygen atoms in total. The van der Waals surface area contributed by atoms with Gasteiger partial charge in [0.2, 0.25) is 5.88 Å². The number of hydrogen-bond donors (Lipinski definition) is 0. The largest absolute Gasteiger partial charge is 0.471 e. The van der Waals surface area contributed by atoms with Gasteiger partial charge in [-0.15, -0.1) is 0 Å². The van der Waals surface area contributed by atoms with Gasteiger partial charge in [0.05, 0.1) is 6.61 Å². The normalized spacial score (nSPS) is 18.9. The van der Waals surface area contributed by atoms with Crippen molar-refractivity contribution in [3.05, 3.63) is 47.2 Å². The molecule has 2 atom stereocenters. The van der Waals surface area contributed by atoms with E-state index >= 15 is 0 Å². The van der Waals surface area contributed by atoms with E-state index in [-0.39, 0.29) is 35.4 Å². The zero-order valence-corrected chi connectivity index (χ0v) is 14.6. The van der Waals surface area contributed by atoms with E-state index in [1.165, 1.54) is 19.1 Å². The topological polar surface area (TPSA) is 48.4 Å². The molecule has 2 heterocycles. The second-order valence-corrected chi connectivity index (χ2v) is 6.45. The number of alkyl halides is 2. The summed E-state index contributed by atoms with van der Waals surface area (Å²) < 4.78 is 62.3. The number of hydrogen-bond acceptors (Lipinski definition) is 4. The second-order valence-electron chi connectivity index (χ2n) is 6.45. The van der Waals surface area contributed by atoms with Crippen molar-refractivity contribution < 1.29 is 31.8 Å². The van der Waals surface area contributed by atoms with Gasteiger partial charge in [0.1, 0.15) is 23.4 Å². The average Bonchev–Trinajstić information content (AvgIpc) is 2.59. The first-order chi connectivity index (χ1) is 12.8. The van der Waals surface area contributed by atoms with E-state index in [4.69, 9.17) is 4.74 Å². The SMILES string of the molecule is CC(=O)c1cc(-c2ccc(F)cc2F)c2c(n1)O[C@@H](COC(F)F)[C@H](C)C2. The number of benzene rings is 1. The molecule has 1 aliphatic heterocycles. The quantitative estimate of drug-likeness (QED) is 0.567. The first kappa shape index (κ1) is 19.3. The summed E-state index contributed by atoms with van der Waals surface area (Å²) in [7, 11) is 0. The maximum Gasteiger partial charge on any atom is 0.345 e. The van der Waals surface area contributed by atoms with Gasteiger partial charge in [0.25, 0.3) is 0 Å². The van der Waals surface area contributed by atoms with Gasteiger partial charge in [-0.25, -0.2) is 13.8 Å². The van der Waals surface area contributed by atoms with Crippen molar-refractivity contribution in [2.45, 2.75) is 33.0 Å². The van der Waals surface area contributed by atoms with Crippen LogP contribution >= 0.6 is 0 Å². The fraction of sp³-hybridized carbons (Fsp3) is 0.368. The summed E-state index contributed by atoms with van der Waals surface area (Å²) in [4.78, 5) is 16.0. The number of carbonyl (C=O) groups is 1. The van der Waals surface area contributed by atoms with Gasteiger partial charge >= 0.3 is 6.61 Å². The number of halogens is 4. The monoisotopic (exact) mass is 383 g/mol. The number of Topliss-reactive ketones (excluding diaryl/α,β-unsaturated/α-hetero) is 1. The molecule has 0 saturated heterocycles. The molecule has 0 unspecified atom stereocenters. The molecule has 0 aliphatic carbocycles. The average molecular weight is 383 g/mol. The maximum absolute atomic E-state index is 14.3. The zero-order chi connectivity index (χ0) is 19.7. The highest BCUT2D eigenvalue weighted by Crippen LogP contribution is 2.38. The molecular weight excluding hydrogens is 366 g/mol. The Morgan fingerprint density at radius 3 is 2.67 bits per heavy atom. The van der Waals surface area contributed by atoms with Gasteiger partial charge in [-0.1, -0.05) is 6.92 Å². The van der Waals surface area contributed by atoms with Gasteiger partial charge in [-0.3, -0.25) is 4.79 Å². The molecule has 8 heteroatoms. The van der Waals surface area contributed by atoms with Crippen LogP contribution < -0.4 is 4.74 Å². The molecule has 0 bridgehead atoms. The third kappa shape index (κ3) is 4.10. The lowest BCUT2D eigenvalue weighted by atomic mass is 9.88. The Morgan fingerprint density at radius 1 is 1.30 bits per heavy atom. The maximum atomic E-state index is 14.3. The fourth-order valence-electron chi connectivity index (χ4n) is 3.05. The Balaban J connectivity index is 2.07. The fourth-order valence-corrected chi connectivity index (χ4v) is 3.05. The van der Waals surface area contributed by atoms with Crippen molar-refractivity contribution in [3.8, 4) is 17.0 Å². The third-order valence-corrected chi connectivity index (χ3v) is 4.48. The van der Waals surface area contributed by atoms with Crippen LogP contribution in [0, 0.1) is 17.6 Å². The van der Waals surface area contributed by atoms with Crippen LogP contribution in [0.3, 0.4) is 0 Å². The van der Waals surface area contributed by atoms with Gasteiger partial charge in [-0.05, 0) is 36.1 Å². The van der Waals surface area contributed by atoms with Gasteiger partial charge in [0, 0.05) is 24.1 Å². The number of rotatable bonds is 5. The van der Waals surface area contributed by atoms with Crippen LogP contribution in [0.5, 0.6) is 5.88 Å². The van der Waals surface area contributed by atoms with Crippen LogP contribution in [0.4, 0.5) is 17.6 Å². The van der Waals surface area contributed by atoms with Crippen LogP contribution in [-0.2, 0) is 11.2 Å². The second kappa shape index (κ2) is 7.64. The van der Waals surface area contributed by atoms with Crippen LogP contribution in [0.15, 0.2) is 24.3 Å². The van der Waals surface area contributed by atoms with Crippen LogP contribution in [0.25, 0.3) is 11.1 Å². The number of nitrogens with zero attached hydrogens (tertiary/aromatic N) is 1. The van der Waals surface area contributed by atoms with Crippen molar-refractivity contribution >= 4 is 5.78 Å². The Bertz CT molecular complexity index is 872. The molecule has 1 aromatic heterocycles. The predicted octanol–water partition coefficient (Wildman–Crippen LogP) is 4.41. The van der Waals surface area contributed by atoms with Gasteiger partial charge < -0.3 is 9.47 Å². The van der Waals surface area contributed by atoms with E-state index in [1.54, 1.807) is 6.92 Å². The van der Waals surface area contributed by atoms with Crippen molar-refractivity contribution in [2.24, 2.45) is 5.92 Å². The number of fused-ring (bicyclic) bond motifs is 1. The van der Waals surface area contributed by atoms with E-state index < -0.39 is 24.3 Å². The van der Waals surface area contributed by atoms with Crippen LogP contribution in [0.2, 0.25) is 0 Å². The summed E-state index contributed by atoms with van der Waals surface area (Å²) >= 11 is 0. The van der Waals surface area contributed by atoms with Gasteiger partial charge in [-0.2, -0.15) is 8.78 Å². The minimum absolute atomic E-state index is 0.0376. The summed E-state index contributed by atoms with van der Waals surface area (Å²) in [6.07, 6.45) is -0.337. The van der Waals surface area contributed by atoms with Gasteiger partial charge in [0.15, 0.2) is 5.78 Å². The van der Waals surface area contributed by atoms with Crippen molar-refractivity contribution in [1.82, 2.24) is 4.98 Å². The zero-order valence-electron chi connectivity index (χ0n) is 14.6. The van der Waals surface area contributed by atoms with Crippen LogP contribution in [0.1, 0.15) is 29.9 Å². The molecule has 0 N–H and O–H groups in total. The highest BCUT2D eigenvalue weighted by Gasteiger charge is 2.32. The third-order valence-electron chi connectivity index (χ3n) is 4.48. The smallest absolute Gasteiger partial charge is 0.345 e. The molecule has 144 valence electrons. The Labute approximate surface area is 153 Å². The minimum Gasteiger partial charge on any atom is -0.471 e. The predicted molar refractivity (Wildman–Crippen MR) is 88.8 cm³/mol. The Morgan fingerprint density at radius 2 is 2.04 bits per heavy atom. The standard InChI is InChI=1S/C19H17F4NO3/c1-9-5-14-13(12-4-3-11(20)6-15(12)21)7-16(10(2)25)24-18(14)27-17(9)8-26-19(22)23/h3-4,6-7,9,17,19H,5,8H2,1-2H3/t9-,17+/m1/s1. The van der Waals surface area contributed by atoms with E-state index in [9.17, 15) is 22.4 Å². The lowest BCUT2D eigenvalue weighted by molar-refractivity contribution is -0.150.